The minimum Gasteiger partial charge on any atom is -0.395 e. The van der Waals surface area contributed by atoms with Gasteiger partial charge >= 0.3 is 0 Å². The number of hydrogen-bond acceptors (Lipinski definition) is 6. The third kappa shape index (κ3) is 22.8. The Morgan fingerprint density at radius 3 is 1.97 bits per heavy atom. The zero-order chi connectivity index (χ0) is 25.5. The van der Waals surface area contributed by atoms with Crippen LogP contribution in [0.4, 0.5) is 0 Å². The molecule has 0 aromatic carbocycles. The van der Waals surface area contributed by atoms with Gasteiger partial charge in [0, 0.05) is 32.4 Å². The third-order valence-electron chi connectivity index (χ3n) is 5.87. The van der Waals surface area contributed by atoms with Crippen molar-refractivity contribution in [3.8, 4) is 0 Å². The van der Waals surface area contributed by atoms with Crippen LogP contribution in [0.1, 0.15) is 110 Å². The van der Waals surface area contributed by atoms with Crippen LogP contribution < -0.4 is 10.6 Å². The number of carbonyl (C=O) groups is 1. The fraction of sp³-hybridized carbons (Fsp3) is 0.880. The number of amides is 1. The summed E-state index contributed by atoms with van der Waals surface area (Å²) in [6, 6.07) is 0. The highest BCUT2D eigenvalue weighted by molar-refractivity contribution is 7.85. The van der Waals surface area contributed by atoms with Crippen LogP contribution in [-0.4, -0.2) is 60.3 Å². The molecule has 1 amide bonds. The maximum atomic E-state index is 12.0. The van der Waals surface area contributed by atoms with Crippen LogP contribution >= 0.6 is 0 Å². The SMILES string of the molecule is CCCCCCCC/C=C\CCCCCCCC(=O)NCCC(O)(CCS(=O)(=O)O)NCCO. The number of aliphatic hydroxyl groups excluding tert-OH is 1. The lowest BCUT2D eigenvalue weighted by Gasteiger charge is -2.29. The first-order valence-corrected chi connectivity index (χ1v) is 14.8. The Bertz CT molecular complexity index is 627. The van der Waals surface area contributed by atoms with Gasteiger partial charge in [0.25, 0.3) is 10.1 Å². The Labute approximate surface area is 207 Å². The summed E-state index contributed by atoms with van der Waals surface area (Å²) in [5, 5.41) is 24.8. The lowest BCUT2D eigenvalue weighted by Crippen LogP contribution is -2.49. The van der Waals surface area contributed by atoms with Crippen molar-refractivity contribution in [3.05, 3.63) is 12.2 Å². The lowest BCUT2D eigenvalue weighted by molar-refractivity contribution is -0.121. The zero-order valence-corrected chi connectivity index (χ0v) is 22.1. The van der Waals surface area contributed by atoms with Crippen molar-refractivity contribution in [2.75, 3.05) is 25.4 Å². The van der Waals surface area contributed by atoms with E-state index in [1.807, 2.05) is 0 Å². The molecule has 0 aliphatic carbocycles. The van der Waals surface area contributed by atoms with E-state index >= 15 is 0 Å². The molecule has 5 N–H and O–H groups in total. The Kier molecular flexibility index (Phi) is 20.7. The molecule has 0 aliphatic rings. The number of nitrogens with one attached hydrogen (secondary N) is 2. The van der Waals surface area contributed by atoms with Crippen LogP contribution in [-0.2, 0) is 14.9 Å². The number of hydrogen-bond donors (Lipinski definition) is 5. The van der Waals surface area contributed by atoms with Gasteiger partial charge < -0.3 is 15.5 Å². The number of rotatable bonds is 24. The van der Waals surface area contributed by atoms with Gasteiger partial charge in [0.2, 0.25) is 5.91 Å². The summed E-state index contributed by atoms with van der Waals surface area (Å²) < 4.78 is 30.8. The Hall–Kier alpha value is -1.00. The standard InChI is InChI=1S/C25H50N2O6S/c1-2-3-4-5-6-7-8-9-10-11-12-13-14-15-16-17-24(29)26-20-18-25(30,27-21-22-28)19-23-34(31,32)33/h9-10,27-28,30H,2-8,11-23H2,1H3,(H,26,29)(H,31,32,33)/b10-9-. The largest absolute Gasteiger partial charge is 0.395 e. The normalized spacial score (nSPS) is 13.9. The zero-order valence-electron chi connectivity index (χ0n) is 21.3. The van der Waals surface area contributed by atoms with Gasteiger partial charge in [-0.3, -0.25) is 14.7 Å². The maximum absolute atomic E-state index is 12.0. The van der Waals surface area contributed by atoms with E-state index in [1.54, 1.807) is 0 Å². The molecule has 0 rings (SSSR count). The highest BCUT2D eigenvalue weighted by Gasteiger charge is 2.27. The third-order valence-corrected chi connectivity index (χ3v) is 6.59. The first-order valence-electron chi connectivity index (χ1n) is 13.2. The van der Waals surface area contributed by atoms with E-state index < -0.39 is 21.6 Å². The Morgan fingerprint density at radius 1 is 0.853 bits per heavy atom. The molecule has 34 heavy (non-hydrogen) atoms. The lowest BCUT2D eigenvalue weighted by atomic mass is 10.1. The molecule has 0 heterocycles. The molecular weight excluding hydrogens is 456 g/mol. The molecule has 0 aromatic heterocycles. The number of carbonyl (C=O) groups excluding carboxylic acids is 1. The molecule has 0 saturated heterocycles. The summed E-state index contributed by atoms with van der Waals surface area (Å²) in [4.78, 5) is 12.0. The van der Waals surface area contributed by atoms with Gasteiger partial charge in [-0.05, 0) is 32.1 Å². The van der Waals surface area contributed by atoms with E-state index in [-0.39, 0.29) is 38.4 Å². The van der Waals surface area contributed by atoms with Crippen LogP contribution in [0, 0.1) is 0 Å². The highest BCUT2D eigenvalue weighted by atomic mass is 32.2. The fourth-order valence-electron chi connectivity index (χ4n) is 3.74. The van der Waals surface area contributed by atoms with E-state index in [0.29, 0.717) is 6.42 Å². The van der Waals surface area contributed by atoms with E-state index in [9.17, 15) is 18.3 Å². The van der Waals surface area contributed by atoms with Crippen molar-refractivity contribution < 1.29 is 28.0 Å². The fourth-order valence-corrected chi connectivity index (χ4v) is 4.34. The van der Waals surface area contributed by atoms with E-state index in [1.165, 1.54) is 57.8 Å². The average Bonchev–Trinajstić information content (AvgIpc) is 2.78. The quantitative estimate of drug-likeness (QED) is 0.0576. The summed E-state index contributed by atoms with van der Waals surface area (Å²) in [5.41, 5.74) is -1.59. The number of allylic oxidation sites excluding steroid dienone is 2. The van der Waals surface area contributed by atoms with Crippen molar-refractivity contribution in [2.45, 2.75) is 115 Å². The first-order chi connectivity index (χ1) is 16.2. The molecule has 202 valence electrons. The minimum absolute atomic E-state index is 0.0701. The Morgan fingerprint density at radius 2 is 1.41 bits per heavy atom. The van der Waals surface area contributed by atoms with Crippen molar-refractivity contribution >= 4 is 16.0 Å². The van der Waals surface area contributed by atoms with E-state index in [4.69, 9.17) is 9.66 Å². The van der Waals surface area contributed by atoms with Crippen molar-refractivity contribution in [2.24, 2.45) is 0 Å². The second-order valence-electron chi connectivity index (χ2n) is 9.15. The molecule has 0 aromatic rings. The predicted octanol–water partition coefficient (Wildman–Crippen LogP) is 4.08. The molecule has 8 nitrogen and oxygen atoms in total. The van der Waals surface area contributed by atoms with Gasteiger partial charge in [0.1, 0.15) is 5.72 Å². The van der Waals surface area contributed by atoms with Crippen LogP contribution in [0.2, 0.25) is 0 Å². The molecule has 0 fully saturated rings. The molecule has 1 atom stereocenters. The van der Waals surface area contributed by atoms with Crippen LogP contribution in [0.3, 0.4) is 0 Å². The number of unbranched alkanes of at least 4 members (excludes halogenated alkanes) is 11. The van der Waals surface area contributed by atoms with Crippen molar-refractivity contribution in [1.29, 1.82) is 0 Å². The molecule has 0 aliphatic heterocycles. The smallest absolute Gasteiger partial charge is 0.265 e. The molecule has 9 heteroatoms. The number of aliphatic hydroxyl groups is 2. The first kappa shape index (κ1) is 33.0. The molecule has 0 spiro atoms. The van der Waals surface area contributed by atoms with E-state index in [2.05, 4.69) is 29.7 Å². The molecule has 0 bridgehead atoms. The van der Waals surface area contributed by atoms with Gasteiger partial charge in [-0.15, -0.1) is 0 Å². The summed E-state index contributed by atoms with van der Waals surface area (Å²) in [6.45, 7) is 2.26. The van der Waals surface area contributed by atoms with Crippen molar-refractivity contribution in [3.63, 3.8) is 0 Å². The minimum atomic E-state index is -4.21. The maximum Gasteiger partial charge on any atom is 0.265 e. The monoisotopic (exact) mass is 506 g/mol. The van der Waals surface area contributed by atoms with Gasteiger partial charge in [-0.2, -0.15) is 8.42 Å². The second-order valence-corrected chi connectivity index (χ2v) is 10.7. The molecular formula is C25H50N2O6S. The Balaban J connectivity index is 3.74. The van der Waals surface area contributed by atoms with Crippen LogP contribution in [0.5, 0.6) is 0 Å². The molecule has 0 radical (unpaired) electrons. The van der Waals surface area contributed by atoms with Gasteiger partial charge in [0.15, 0.2) is 0 Å². The summed E-state index contributed by atoms with van der Waals surface area (Å²) in [6.07, 6.45) is 20.5. The van der Waals surface area contributed by atoms with Crippen LogP contribution in [0.15, 0.2) is 12.2 Å². The van der Waals surface area contributed by atoms with Gasteiger partial charge in [-0.25, -0.2) is 0 Å². The molecule has 0 saturated carbocycles. The van der Waals surface area contributed by atoms with E-state index in [0.717, 1.165) is 25.7 Å². The van der Waals surface area contributed by atoms with Crippen LogP contribution in [0.25, 0.3) is 0 Å². The predicted molar refractivity (Wildman–Crippen MR) is 138 cm³/mol. The second kappa shape index (κ2) is 21.3. The summed E-state index contributed by atoms with van der Waals surface area (Å²) in [7, 11) is -4.21. The summed E-state index contributed by atoms with van der Waals surface area (Å²) in [5.74, 6) is -0.706. The van der Waals surface area contributed by atoms with Gasteiger partial charge in [0.05, 0.1) is 12.4 Å². The topological polar surface area (TPSA) is 136 Å². The highest BCUT2D eigenvalue weighted by Crippen LogP contribution is 2.13. The van der Waals surface area contributed by atoms with Gasteiger partial charge in [-0.1, -0.05) is 70.4 Å². The molecule has 1 unspecified atom stereocenters. The van der Waals surface area contributed by atoms with Crippen molar-refractivity contribution in [1.82, 2.24) is 10.6 Å². The average molecular weight is 507 g/mol. The summed E-state index contributed by atoms with van der Waals surface area (Å²) >= 11 is 0.